The first-order valence-electron chi connectivity index (χ1n) is 9.65. The van der Waals surface area contributed by atoms with Crippen LogP contribution in [0.2, 0.25) is 0 Å². The predicted molar refractivity (Wildman–Crippen MR) is 98.4 cm³/mol. The first-order chi connectivity index (χ1) is 13.5. The highest BCUT2D eigenvalue weighted by atomic mass is 16.6. The summed E-state index contributed by atoms with van der Waals surface area (Å²) in [6.07, 6.45) is 3.61. The van der Waals surface area contributed by atoms with Crippen LogP contribution in [0.15, 0.2) is 18.1 Å². The van der Waals surface area contributed by atoms with Crippen LogP contribution in [0.4, 0.5) is 0 Å². The summed E-state index contributed by atoms with van der Waals surface area (Å²) >= 11 is 0. The molecule has 4 rings (SSSR count). The molecule has 0 spiro atoms. The molecule has 1 aliphatic carbocycles. The van der Waals surface area contributed by atoms with Crippen molar-refractivity contribution < 1.29 is 23.8 Å². The standard InChI is InChI=1S/C19H26N4O5/c1-19(11-20-17(24)16-10-26-7-8-27-16)12-23(5-6-28-19)18(25)15-9-14(13-3-4-13)21-22(15)2/h9-10,13H,3-8,11-12H2,1-2H3,(H,20,24). The van der Waals surface area contributed by atoms with Crippen molar-refractivity contribution in [3.05, 3.63) is 29.5 Å². The number of aryl methyl sites for hydroxylation is 1. The highest BCUT2D eigenvalue weighted by molar-refractivity contribution is 5.93. The average Bonchev–Trinajstić information content (AvgIpc) is 3.48. The number of hydrogen-bond donors (Lipinski definition) is 1. The molecule has 28 heavy (non-hydrogen) atoms. The van der Waals surface area contributed by atoms with Gasteiger partial charge in [0, 0.05) is 26.1 Å². The largest absolute Gasteiger partial charge is 0.494 e. The lowest BCUT2D eigenvalue weighted by molar-refractivity contribution is -0.126. The Morgan fingerprint density at radius 1 is 1.32 bits per heavy atom. The Bertz CT molecular complexity index is 800. The maximum absolute atomic E-state index is 13.0. The van der Waals surface area contributed by atoms with E-state index in [2.05, 4.69) is 10.4 Å². The van der Waals surface area contributed by atoms with Crippen LogP contribution in [-0.2, 0) is 26.1 Å². The quantitative estimate of drug-likeness (QED) is 0.788. The molecule has 1 saturated carbocycles. The van der Waals surface area contributed by atoms with E-state index >= 15 is 0 Å². The second-order valence-electron chi connectivity index (χ2n) is 7.76. The number of nitrogens with zero attached hydrogens (tertiary/aromatic N) is 3. The average molecular weight is 390 g/mol. The lowest BCUT2D eigenvalue weighted by Crippen LogP contribution is -2.57. The van der Waals surface area contributed by atoms with Crippen LogP contribution in [0.5, 0.6) is 0 Å². The van der Waals surface area contributed by atoms with Gasteiger partial charge < -0.3 is 24.4 Å². The van der Waals surface area contributed by atoms with Crippen LogP contribution >= 0.6 is 0 Å². The lowest BCUT2D eigenvalue weighted by Gasteiger charge is -2.40. The zero-order chi connectivity index (χ0) is 19.7. The van der Waals surface area contributed by atoms with Gasteiger partial charge in [-0.2, -0.15) is 5.10 Å². The number of morpholine rings is 1. The van der Waals surface area contributed by atoms with E-state index in [0.29, 0.717) is 44.5 Å². The van der Waals surface area contributed by atoms with Gasteiger partial charge in [0.15, 0.2) is 0 Å². The summed E-state index contributed by atoms with van der Waals surface area (Å²) in [4.78, 5) is 27.0. The molecule has 3 aliphatic rings. The van der Waals surface area contributed by atoms with Gasteiger partial charge in [0.1, 0.15) is 30.8 Å². The molecule has 1 aromatic heterocycles. The van der Waals surface area contributed by atoms with Gasteiger partial charge in [0.25, 0.3) is 11.8 Å². The van der Waals surface area contributed by atoms with E-state index in [1.165, 1.54) is 6.26 Å². The van der Waals surface area contributed by atoms with Gasteiger partial charge in [-0.3, -0.25) is 14.3 Å². The molecule has 0 radical (unpaired) electrons. The van der Waals surface area contributed by atoms with Gasteiger partial charge in [0.05, 0.1) is 18.8 Å². The number of aromatic nitrogens is 2. The Morgan fingerprint density at radius 3 is 2.86 bits per heavy atom. The summed E-state index contributed by atoms with van der Waals surface area (Å²) in [5.74, 6) is 0.238. The van der Waals surface area contributed by atoms with E-state index < -0.39 is 5.60 Å². The number of nitrogens with one attached hydrogen (secondary N) is 1. The highest BCUT2D eigenvalue weighted by Crippen LogP contribution is 2.39. The van der Waals surface area contributed by atoms with Gasteiger partial charge in [0.2, 0.25) is 5.76 Å². The SMILES string of the molecule is Cn1nc(C2CC2)cc1C(=O)N1CCOC(C)(CNC(=O)C2=COCCO2)C1. The Labute approximate surface area is 163 Å². The minimum atomic E-state index is -0.683. The summed E-state index contributed by atoms with van der Waals surface area (Å²) < 4.78 is 17.9. The minimum absolute atomic E-state index is 0.0607. The maximum Gasteiger partial charge on any atom is 0.289 e. The second-order valence-corrected chi connectivity index (χ2v) is 7.76. The van der Waals surface area contributed by atoms with Crippen molar-refractivity contribution in [3.8, 4) is 0 Å². The zero-order valence-corrected chi connectivity index (χ0v) is 16.3. The third-order valence-corrected chi connectivity index (χ3v) is 5.23. The molecule has 0 aromatic carbocycles. The summed E-state index contributed by atoms with van der Waals surface area (Å²) in [5.41, 5.74) is 0.905. The van der Waals surface area contributed by atoms with Crippen molar-refractivity contribution in [3.63, 3.8) is 0 Å². The summed E-state index contributed by atoms with van der Waals surface area (Å²) in [7, 11) is 1.80. The lowest BCUT2D eigenvalue weighted by atomic mass is 10.0. The number of hydrogen-bond acceptors (Lipinski definition) is 6. The van der Waals surface area contributed by atoms with Crippen molar-refractivity contribution >= 4 is 11.8 Å². The van der Waals surface area contributed by atoms with Crippen molar-refractivity contribution in [1.29, 1.82) is 0 Å². The van der Waals surface area contributed by atoms with Crippen molar-refractivity contribution in [2.45, 2.75) is 31.3 Å². The zero-order valence-electron chi connectivity index (χ0n) is 16.3. The third-order valence-electron chi connectivity index (χ3n) is 5.23. The number of carbonyl (C=O) groups is 2. The molecule has 1 aromatic rings. The number of carbonyl (C=O) groups excluding carboxylic acids is 2. The fourth-order valence-electron chi connectivity index (χ4n) is 3.48. The van der Waals surface area contributed by atoms with Crippen LogP contribution < -0.4 is 5.32 Å². The van der Waals surface area contributed by atoms with Crippen LogP contribution in [0.1, 0.15) is 41.9 Å². The van der Waals surface area contributed by atoms with Crippen molar-refractivity contribution in [1.82, 2.24) is 20.0 Å². The first-order valence-corrected chi connectivity index (χ1v) is 9.65. The summed E-state index contributed by atoms with van der Waals surface area (Å²) in [5, 5.41) is 7.29. The molecule has 1 unspecified atom stereocenters. The molecule has 9 heteroatoms. The molecule has 0 bridgehead atoms. The Hall–Kier alpha value is -2.55. The van der Waals surface area contributed by atoms with Gasteiger partial charge in [-0.05, 0) is 25.8 Å². The summed E-state index contributed by atoms with van der Waals surface area (Å²) in [6, 6.07) is 1.90. The Kier molecular flexibility index (Phi) is 5.01. The number of ether oxygens (including phenoxy) is 3. The smallest absolute Gasteiger partial charge is 0.289 e. The third kappa shape index (κ3) is 3.99. The number of rotatable bonds is 5. The molecule has 1 atom stereocenters. The van der Waals surface area contributed by atoms with E-state index in [1.807, 2.05) is 13.0 Å². The molecule has 3 heterocycles. The molecule has 2 fully saturated rings. The second kappa shape index (κ2) is 7.46. The van der Waals surface area contributed by atoms with Crippen LogP contribution in [-0.4, -0.2) is 71.6 Å². The van der Waals surface area contributed by atoms with Gasteiger partial charge in [-0.15, -0.1) is 0 Å². The van der Waals surface area contributed by atoms with Gasteiger partial charge in [-0.25, -0.2) is 0 Å². The van der Waals surface area contributed by atoms with E-state index in [4.69, 9.17) is 14.2 Å². The van der Waals surface area contributed by atoms with Crippen LogP contribution in [0.25, 0.3) is 0 Å². The first kappa shape index (κ1) is 18.8. The van der Waals surface area contributed by atoms with E-state index in [1.54, 1.807) is 16.6 Å². The molecular formula is C19H26N4O5. The molecule has 152 valence electrons. The molecule has 9 nitrogen and oxygen atoms in total. The van der Waals surface area contributed by atoms with E-state index in [0.717, 1.165) is 18.5 Å². The predicted octanol–water partition coefficient (Wildman–Crippen LogP) is 0.533. The Morgan fingerprint density at radius 2 is 2.14 bits per heavy atom. The fourth-order valence-corrected chi connectivity index (χ4v) is 3.48. The minimum Gasteiger partial charge on any atom is -0.494 e. The summed E-state index contributed by atoms with van der Waals surface area (Å²) in [6.45, 7) is 4.23. The molecular weight excluding hydrogens is 364 g/mol. The molecule has 1 N–H and O–H groups in total. The van der Waals surface area contributed by atoms with Crippen molar-refractivity contribution in [2.75, 3.05) is 39.5 Å². The fraction of sp³-hybridized carbons (Fsp3) is 0.632. The van der Waals surface area contributed by atoms with E-state index in [9.17, 15) is 9.59 Å². The van der Waals surface area contributed by atoms with Gasteiger partial charge in [-0.1, -0.05) is 0 Å². The molecule has 1 saturated heterocycles. The topological polar surface area (TPSA) is 94.9 Å². The molecule has 2 aliphatic heterocycles. The Balaban J connectivity index is 1.38. The van der Waals surface area contributed by atoms with Crippen LogP contribution in [0, 0.1) is 0 Å². The number of amides is 2. The van der Waals surface area contributed by atoms with E-state index in [-0.39, 0.29) is 24.1 Å². The van der Waals surface area contributed by atoms with Crippen molar-refractivity contribution in [2.24, 2.45) is 7.05 Å². The highest BCUT2D eigenvalue weighted by Gasteiger charge is 2.37. The van der Waals surface area contributed by atoms with Gasteiger partial charge >= 0.3 is 0 Å². The molecule has 2 amide bonds. The monoisotopic (exact) mass is 390 g/mol. The normalized spacial score (nSPS) is 24.8. The van der Waals surface area contributed by atoms with Crippen LogP contribution in [0.3, 0.4) is 0 Å². The maximum atomic E-state index is 13.0.